The average Bonchev–Trinajstić information content (AvgIpc) is 3.32. The Morgan fingerprint density at radius 2 is 0.765 bits per heavy atom. The SMILES string of the molecule is CCCCCCCC/C=C/CCCCCCCCCCCCCCCC(=O)NC(COP(=O)(O)OCC(O)COC(=O)CCCCCCCCCCCCC/C=C/CCCCCCCC)C(=O)O. The molecule has 0 fully saturated rings. The molecule has 0 heterocycles. The molecule has 0 aliphatic rings. The number of amides is 1. The van der Waals surface area contributed by atoms with Gasteiger partial charge in [0.25, 0.3) is 0 Å². The molecule has 3 unspecified atom stereocenters. The van der Waals surface area contributed by atoms with E-state index in [4.69, 9.17) is 13.8 Å². The number of carboxylic acids is 1. The number of nitrogens with one attached hydrogen (secondary N) is 1. The number of phosphoric acid groups is 1. The number of carbonyl (C=O) groups excluding carboxylic acids is 2. The molecule has 0 aliphatic carbocycles. The number of esters is 1. The van der Waals surface area contributed by atoms with E-state index < -0.39 is 57.6 Å². The number of hydrogen-bond donors (Lipinski definition) is 4. The third kappa shape index (κ3) is 50.4. The molecular weight excluding hydrogens is 878 g/mol. The monoisotopic (exact) mass is 984 g/mol. The maximum atomic E-state index is 12.4. The highest BCUT2D eigenvalue weighted by molar-refractivity contribution is 7.47. The van der Waals surface area contributed by atoms with Crippen LogP contribution in [-0.2, 0) is 32.7 Å². The van der Waals surface area contributed by atoms with Gasteiger partial charge in [-0.15, -0.1) is 0 Å². The lowest BCUT2D eigenvalue weighted by Gasteiger charge is -2.18. The van der Waals surface area contributed by atoms with Crippen LogP contribution in [0.1, 0.15) is 284 Å². The van der Waals surface area contributed by atoms with Gasteiger partial charge in [0.2, 0.25) is 5.91 Å². The molecular formula is C56H106NO10P. The molecule has 400 valence electrons. The first-order valence-electron chi connectivity index (χ1n) is 28.4. The predicted molar refractivity (Wildman–Crippen MR) is 282 cm³/mol. The number of ether oxygens (including phenoxy) is 1. The van der Waals surface area contributed by atoms with E-state index in [9.17, 15) is 34.1 Å². The van der Waals surface area contributed by atoms with Crippen LogP contribution in [0.15, 0.2) is 24.3 Å². The number of aliphatic hydroxyl groups excluding tert-OH is 1. The van der Waals surface area contributed by atoms with E-state index in [0.717, 1.165) is 38.5 Å². The van der Waals surface area contributed by atoms with Crippen LogP contribution in [0.25, 0.3) is 0 Å². The molecule has 11 nitrogen and oxygen atoms in total. The summed E-state index contributed by atoms with van der Waals surface area (Å²) in [5.74, 6) is -2.35. The fourth-order valence-electron chi connectivity index (χ4n) is 8.31. The van der Waals surface area contributed by atoms with Crippen LogP contribution in [0.4, 0.5) is 0 Å². The zero-order valence-electron chi connectivity index (χ0n) is 43.9. The Hall–Kier alpha value is -2.04. The van der Waals surface area contributed by atoms with Gasteiger partial charge in [0.05, 0.1) is 13.2 Å². The topological polar surface area (TPSA) is 169 Å². The molecule has 0 aromatic carbocycles. The van der Waals surface area contributed by atoms with Crippen molar-refractivity contribution < 1.29 is 47.8 Å². The molecule has 0 saturated heterocycles. The Balaban J connectivity index is 3.76. The van der Waals surface area contributed by atoms with Crippen molar-refractivity contribution in [1.82, 2.24) is 5.32 Å². The van der Waals surface area contributed by atoms with Gasteiger partial charge in [-0.3, -0.25) is 18.6 Å². The second kappa shape index (κ2) is 51.3. The number of allylic oxidation sites excluding steroid dienone is 4. The average molecular weight is 984 g/mol. The summed E-state index contributed by atoms with van der Waals surface area (Å²) in [6.07, 6.45) is 57.7. The predicted octanol–water partition coefficient (Wildman–Crippen LogP) is 16.1. The number of carboxylic acid groups (broad SMARTS) is 1. The molecule has 0 aliphatic heterocycles. The van der Waals surface area contributed by atoms with E-state index in [0.29, 0.717) is 12.8 Å². The molecule has 0 radical (unpaired) electrons. The summed E-state index contributed by atoms with van der Waals surface area (Å²) in [4.78, 5) is 46.2. The largest absolute Gasteiger partial charge is 0.480 e. The number of hydrogen-bond acceptors (Lipinski definition) is 8. The minimum Gasteiger partial charge on any atom is -0.480 e. The quantitative estimate of drug-likeness (QED) is 0.0199. The molecule has 0 bridgehead atoms. The number of carbonyl (C=O) groups is 3. The minimum atomic E-state index is -4.76. The summed E-state index contributed by atoms with van der Waals surface area (Å²) < 4.78 is 27.0. The molecule has 0 rings (SSSR count). The second-order valence-corrected chi connectivity index (χ2v) is 20.9. The maximum absolute atomic E-state index is 12.4. The number of aliphatic hydroxyl groups is 1. The van der Waals surface area contributed by atoms with Gasteiger partial charge < -0.3 is 25.2 Å². The van der Waals surface area contributed by atoms with Crippen LogP contribution in [0.3, 0.4) is 0 Å². The third-order valence-electron chi connectivity index (χ3n) is 12.7. The van der Waals surface area contributed by atoms with Gasteiger partial charge in [-0.05, 0) is 64.2 Å². The Morgan fingerprint density at radius 3 is 1.12 bits per heavy atom. The summed E-state index contributed by atoms with van der Waals surface area (Å²) in [6, 6.07) is -1.55. The van der Waals surface area contributed by atoms with Crippen LogP contribution >= 0.6 is 7.82 Å². The maximum Gasteiger partial charge on any atom is 0.472 e. The highest BCUT2D eigenvalue weighted by atomic mass is 31.2. The number of aliphatic carboxylic acids is 1. The van der Waals surface area contributed by atoms with Crippen LogP contribution in [-0.4, -0.2) is 64.9 Å². The Kier molecular flexibility index (Phi) is 49.8. The Bertz CT molecular complexity index is 1250. The van der Waals surface area contributed by atoms with E-state index in [2.05, 4.69) is 43.5 Å². The van der Waals surface area contributed by atoms with Crippen molar-refractivity contribution >= 4 is 25.7 Å². The summed E-state index contributed by atoms with van der Waals surface area (Å²) in [5, 5.41) is 22.0. The van der Waals surface area contributed by atoms with Gasteiger partial charge in [-0.2, -0.15) is 0 Å². The van der Waals surface area contributed by atoms with Gasteiger partial charge in [0.1, 0.15) is 12.7 Å². The molecule has 4 N–H and O–H groups in total. The van der Waals surface area contributed by atoms with Gasteiger partial charge in [-0.1, -0.05) is 231 Å². The van der Waals surface area contributed by atoms with Crippen LogP contribution in [0.5, 0.6) is 0 Å². The first kappa shape index (κ1) is 66.0. The van der Waals surface area contributed by atoms with Gasteiger partial charge in [-0.25, -0.2) is 9.36 Å². The fraction of sp³-hybridized carbons (Fsp3) is 0.875. The van der Waals surface area contributed by atoms with E-state index in [1.54, 1.807) is 0 Å². The van der Waals surface area contributed by atoms with Crippen molar-refractivity contribution in [2.75, 3.05) is 19.8 Å². The van der Waals surface area contributed by atoms with Crippen LogP contribution in [0.2, 0.25) is 0 Å². The number of unbranched alkanes of at least 4 members (excludes halogenated alkanes) is 36. The first-order valence-corrected chi connectivity index (χ1v) is 29.9. The zero-order chi connectivity index (χ0) is 49.9. The van der Waals surface area contributed by atoms with E-state index >= 15 is 0 Å². The lowest BCUT2D eigenvalue weighted by atomic mass is 10.0. The highest BCUT2D eigenvalue weighted by Gasteiger charge is 2.28. The summed E-state index contributed by atoms with van der Waals surface area (Å²) in [6.45, 7) is 2.65. The summed E-state index contributed by atoms with van der Waals surface area (Å²) in [5.41, 5.74) is 0. The molecule has 0 aromatic rings. The van der Waals surface area contributed by atoms with Crippen molar-refractivity contribution in [3.8, 4) is 0 Å². The van der Waals surface area contributed by atoms with Gasteiger partial charge in [0.15, 0.2) is 6.04 Å². The summed E-state index contributed by atoms with van der Waals surface area (Å²) in [7, 11) is -4.76. The Morgan fingerprint density at radius 1 is 0.456 bits per heavy atom. The smallest absolute Gasteiger partial charge is 0.472 e. The van der Waals surface area contributed by atoms with Crippen molar-refractivity contribution in [1.29, 1.82) is 0 Å². The van der Waals surface area contributed by atoms with E-state index in [1.807, 2.05) is 0 Å². The lowest BCUT2D eigenvalue weighted by molar-refractivity contribution is -0.147. The van der Waals surface area contributed by atoms with Gasteiger partial charge in [0, 0.05) is 12.8 Å². The minimum absolute atomic E-state index is 0.149. The van der Waals surface area contributed by atoms with Crippen LogP contribution < -0.4 is 5.32 Å². The second-order valence-electron chi connectivity index (χ2n) is 19.5. The molecule has 1 amide bonds. The van der Waals surface area contributed by atoms with Crippen molar-refractivity contribution in [3.05, 3.63) is 24.3 Å². The van der Waals surface area contributed by atoms with Crippen molar-refractivity contribution in [3.63, 3.8) is 0 Å². The van der Waals surface area contributed by atoms with E-state index in [-0.39, 0.29) is 12.8 Å². The summed E-state index contributed by atoms with van der Waals surface area (Å²) >= 11 is 0. The number of phosphoric ester groups is 1. The first-order chi connectivity index (χ1) is 33.1. The lowest BCUT2D eigenvalue weighted by Crippen LogP contribution is -2.43. The molecule has 68 heavy (non-hydrogen) atoms. The fourth-order valence-corrected chi connectivity index (χ4v) is 9.08. The third-order valence-corrected chi connectivity index (χ3v) is 13.7. The van der Waals surface area contributed by atoms with E-state index in [1.165, 1.54) is 205 Å². The standard InChI is InChI=1S/C56H106NO10P/c1-3-5-7-9-11-13-15-17-19-21-23-25-26-28-29-31-33-35-37-39-41-43-45-47-54(59)57-53(56(61)62)51-67-68(63,64)66-50-52(58)49-65-55(60)48-46-44-42-40-38-36-34-32-30-27-24-22-20-18-16-14-12-10-8-6-4-2/h17-20,52-53,58H,3-16,21-51H2,1-2H3,(H,57,59)(H,61,62)(H,63,64)/b19-17+,20-18+. The molecule has 3 atom stereocenters. The Labute approximate surface area is 417 Å². The zero-order valence-corrected chi connectivity index (χ0v) is 44.8. The normalized spacial score (nSPS) is 13.6. The van der Waals surface area contributed by atoms with Crippen LogP contribution in [0, 0.1) is 0 Å². The van der Waals surface area contributed by atoms with Crippen molar-refractivity contribution in [2.45, 2.75) is 296 Å². The molecule has 0 spiro atoms. The molecule has 12 heteroatoms. The molecule has 0 aromatic heterocycles. The molecule has 0 saturated carbocycles. The highest BCUT2D eigenvalue weighted by Crippen LogP contribution is 2.43. The van der Waals surface area contributed by atoms with Crippen molar-refractivity contribution in [2.24, 2.45) is 0 Å². The van der Waals surface area contributed by atoms with Gasteiger partial charge >= 0.3 is 19.8 Å². The number of rotatable bonds is 54.